The third-order valence-electron chi connectivity index (χ3n) is 4.85. The van der Waals surface area contributed by atoms with Gasteiger partial charge in [-0.05, 0) is 39.0 Å². The van der Waals surface area contributed by atoms with E-state index in [0.717, 1.165) is 12.8 Å². The number of fused-ring (bicyclic) bond motifs is 1. The van der Waals surface area contributed by atoms with Crippen LogP contribution in [-0.4, -0.2) is 46.6 Å². The third kappa shape index (κ3) is 2.61. The maximum absolute atomic E-state index is 12.4. The molecule has 1 saturated heterocycles. The highest BCUT2D eigenvalue weighted by molar-refractivity contribution is 5.89. The lowest BCUT2D eigenvalue weighted by Gasteiger charge is -2.33. The molecule has 1 amide bonds. The predicted octanol–water partition coefficient (Wildman–Crippen LogP) is 1.23. The first-order chi connectivity index (χ1) is 8.84. The monoisotopic (exact) mass is 268 g/mol. The van der Waals surface area contributed by atoms with Crippen LogP contribution in [0.3, 0.4) is 0 Å². The van der Waals surface area contributed by atoms with E-state index in [9.17, 15) is 14.7 Å². The summed E-state index contributed by atoms with van der Waals surface area (Å²) in [5.74, 6) is -0.482. The van der Waals surface area contributed by atoms with E-state index >= 15 is 0 Å². The fraction of sp³-hybridized carbons (Fsp3) is 0.857. The van der Waals surface area contributed by atoms with Crippen molar-refractivity contribution in [2.75, 3.05) is 7.05 Å². The second-order valence-corrected chi connectivity index (χ2v) is 6.37. The van der Waals surface area contributed by atoms with Gasteiger partial charge in [-0.3, -0.25) is 4.79 Å². The van der Waals surface area contributed by atoms with Crippen molar-refractivity contribution in [3.05, 3.63) is 0 Å². The molecule has 108 valence electrons. The molecule has 2 aliphatic rings. The third-order valence-corrected chi connectivity index (χ3v) is 4.85. The SMILES string of the molecule is CN(C(=O)C1CC2CCCCC2N1)C(C)(C)C(=O)O. The maximum atomic E-state index is 12.4. The minimum Gasteiger partial charge on any atom is -0.480 e. The largest absolute Gasteiger partial charge is 0.480 e. The zero-order valence-corrected chi connectivity index (χ0v) is 12.0. The molecule has 0 bridgehead atoms. The molecule has 0 aromatic heterocycles. The molecule has 2 fully saturated rings. The molecule has 19 heavy (non-hydrogen) atoms. The van der Waals surface area contributed by atoms with E-state index in [2.05, 4.69) is 5.32 Å². The number of carbonyl (C=O) groups is 2. The fourth-order valence-electron chi connectivity index (χ4n) is 3.16. The Labute approximate surface area is 114 Å². The van der Waals surface area contributed by atoms with E-state index < -0.39 is 11.5 Å². The Morgan fingerprint density at radius 3 is 2.47 bits per heavy atom. The second kappa shape index (κ2) is 5.12. The van der Waals surface area contributed by atoms with Crippen LogP contribution in [0.15, 0.2) is 0 Å². The van der Waals surface area contributed by atoms with Crippen molar-refractivity contribution in [1.29, 1.82) is 0 Å². The van der Waals surface area contributed by atoms with Gasteiger partial charge in [0.15, 0.2) is 0 Å². The number of hydrogen-bond donors (Lipinski definition) is 2. The summed E-state index contributed by atoms with van der Waals surface area (Å²) in [4.78, 5) is 25.0. The van der Waals surface area contributed by atoms with Crippen LogP contribution in [0.5, 0.6) is 0 Å². The number of rotatable bonds is 3. The van der Waals surface area contributed by atoms with Gasteiger partial charge in [0, 0.05) is 13.1 Å². The fourth-order valence-corrected chi connectivity index (χ4v) is 3.16. The number of carboxylic acid groups (broad SMARTS) is 1. The lowest BCUT2D eigenvalue weighted by atomic mass is 9.85. The summed E-state index contributed by atoms with van der Waals surface area (Å²) in [7, 11) is 1.58. The molecule has 3 unspecified atom stereocenters. The smallest absolute Gasteiger partial charge is 0.329 e. The van der Waals surface area contributed by atoms with Gasteiger partial charge in [-0.15, -0.1) is 0 Å². The summed E-state index contributed by atoms with van der Waals surface area (Å²) in [6.07, 6.45) is 5.66. The number of carboxylic acids is 1. The van der Waals surface area contributed by atoms with Gasteiger partial charge in [0.1, 0.15) is 5.54 Å². The highest BCUT2D eigenvalue weighted by Crippen LogP contribution is 2.34. The van der Waals surface area contributed by atoms with E-state index in [0.29, 0.717) is 12.0 Å². The maximum Gasteiger partial charge on any atom is 0.329 e. The quantitative estimate of drug-likeness (QED) is 0.807. The van der Waals surface area contributed by atoms with Gasteiger partial charge in [-0.25, -0.2) is 4.79 Å². The number of carbonyl (C=O) groups excluding carboxylic acids is 1. The highest BCUT2D eigenvalue weighted by Gasteiger charge is 2.43. The topological polar surface area (TPSA) is 69.6 Å². The van der Waals surface area contributed by atoms with Crippen LogP contribution in [0.25, 0.3) is 0 Å². The summed E-state index contributed by atoms with van der Waals surface area (Å²) in [5, 5.41) is 12.6. The van der Waals surface area contributed by atoms with Crippen LogP contribution in [-0.2, 0) is 9.59 Å². The van der Waals surface area contributed by atoms with Crippen molar-refractivity contribution >= 4 is 11.9 Å². The van der Waals surface area contributed by atoms with Crippen LogP contribution < -0.4 is 5.32 Å². The van der Waals surface area contributed by atoms with Crippen molar-refractivity contribution in [1.82, 2.24) is 10.2 Å². The zero-order valence-electron chi connectivity index (χ0n) is 12.0. The van der Waals surface area contributed by atoms with Crippen LogP contribution >= 0.6 is 0 Å². The van der Waals surface area contributed by atoms with Crippen LogP contribution in [0.1, 0.15) is 46.0 Å². The number of nitrogens with zero attached hydrogens (tertiary/aromatic N) is 1. The molecule has 0 spiro atoms. The molecule has 3 atom stereocenters. The van der Waals surface area contributed by atoms with E-state index in [1.54, 1.807) is 20.9 Å². The van der Waals surface area contributed by atoms with Crippen molar-refractivity contribution < 1.29 is 14.7 Å². The number of aliphatic carboxylic acids is 1. The summed E-state index contributed by atoms with van der Waals surface area (Å²) in [6.45, 7) is 3.13. The first kappa shape index (κ1) is 14.3. The molecule has 2 rings (SSSR count). The minimum atomic E-state index is -1.16. The first-order valence-electron chi connectivity index (χ1n) is 7.11. The molecule has 2 N–H and O–H groups in total. The average molecular weight is 268 g/mol. The Morgan fingerprint density at radius 1 is 1.26 bits per heavy atom. The zero-order chi connectivity index (χ0) is 14.2. The molecule has 5 nitrogen and oxygen atoms in total. The first-order valence-corrected chi connectivity index (χ1v) is 7.11. The van der Waals surface area contributed by atoms with Gasteiger partial charge in [0.25, 0.3) is 0 Å². The molecule has 1 aliphatic carbocycles. The summed E-state index contributed by atoms with van der Waals surface area (Å²) >= 11 is 0. The van der Waals surface area contributed by atoms with Gasteiger partial charge < -0.3 is 15.3 Å². The van der Waals surface area contributed by atoms with Crippen LogP contribution in [0.4, 0.5) is 0 Å². The minimum absolute atomic E-state index is 0.0956. The van der Waals surface area contributed by atoms with Gasteiger partial charge in [0.05, 0.1) is 6.04 Å². The summed E-state index contributed by atoms with van der Waals surface area (Å²) in [6, 6.07) is 0.237. The van der Waals surface area contributed by atoms with Gasteiger partial charge in [-0.2, -0.15) is 0 Å². The number of likely N-dealkylation sites (N-methyl/N-ethyl adjacent to an activating group) is 1. The normalized spacial score (nSPS) is 30.8. The van der Waals surface area contributed by atoms with Crippen LogP contribution in [0, 0.1) is 5.92 Å². The molecule has 1 saturated carbocycles. The molecule has 0 aromatic rings. The van der Waals surface area contributed by atoms with Crippen molar-refractivity contribution in [3.8, 4) is 0 Å². The van der Waals surface area contributed by atoms with Crippen molar-refractivity contribution in [3.63, 3.8) is 0 Å². The van der Waals surface area contributed by atoms with Crippen LogP contribution in [0.2, 0.25) is 0 Å². The standard InChI is InChI=1S/C14H24N2O3/c1-14(2,13(18)19)16(3)12(17)11-8-9-6-4-5-7-10(9)15-11/h9-11,15H,4-8H2,1-3H3,(H,18,19). The Bertz CT molecular complexity index is 367. The Balaban J connectivity index is 2.03. The molecular weight excluding hydrogens is 244 g/mol. The molecule has 1 heterocycles. The summed E-state index contributed by atoms with van der Waals surface area (Å²) in [5.41, 5.74) is -1.16. The van der Waals surface area contributed by atoms with Gasteiger partial charge >= 0.3 is 5.97 Å². The van der Waals surface area contributed by atoms with Crippen molar-refractivity contribution in [2.45, 2.75) is 63.6 Å². The molecule has 5 heteroatoms. The lowest BCUT2D eigenvalue weighted by Crippen LogP contribution is -2.55. The summed E-state index contributed by atoms with van der Waals surface area (Å²) < 4.78 is 0. The molecular formula is C14H24N2O3. The van der Waals surface area contributed by atoms with E-state index in [-0.39, 0.29) is 11.9 Å². The number of hydrogen-bond acceptors (Lipinski definition) is 3. The second-order valence-electron chi connectivity index (χ2n) is 6.37. The number of amides is 1. The molecule has 1 aliphatic heterocycles. The predicted molar refractivity (Wildman–Crippen MR) is 71.8 cm³/mol. The average Bonchev–Trinajstić information content (AvgIpc) is 2.80. The Hall–Kier alpha value is -1.10. The van der Waals surface area contributed by atoms with Crippen molar-refractivity contribution in [2.24, 2.45) is 5.92 Å². The molecule has 0 aromatic carbocycles. The van der Waals surface area contributed by atoms with E-state index in [1.165, 1.54) is 24.2 Å². The van der Waals surface area contributed by atoms with E-state index in [1.807, 2.05) is 0 Å². The molecule has 0 radical (unpaired) electrons. The Morgan fingerprint density at radius 2 is 1.89 bits per heavy atom. The van der Waals surface area contributed by atoms with Gasteiger partial charge in [0.2, 0.25) is 5.91 Å². The Kier molecular flexibility index (Phi) is 3.85. The lowest BCUT2D eigenvalue weighted by molar-refractivity contribution is -0.156. The number of nitrogens with one attached hydrogen (secondary N) is 1. The van der Waals surface area contributed by atoms with E-state index in [4.69, 9.17) is 0 Å². The van der Waals surface area contributed by atoms with Gasteiger partial charge in [-0.1, -0.05) is 12.8 Å². The highest BCUT2D eigenvalue weighted by atomic mass is 16.4.